The van der Waals surface area contributed by atoms with E-state index < -0.39 is 0 Å². The molecule has 0 spiro atoms. The van der Waals surface area contributed by atoms with E-state index in [0.717, 1.165) is 22.8 Å². The van der Waals surface area contributed by atoms with Gasteiger partial charge < -0.3 is 11.1 Å². The molecule has 22 heavy (non-hydrogen) atoms. The molecule has 0 fully saturated rings. The number of nitrogens with zero attached hydrogens (tertiary/aromatic N) is 2. The van der Waals surface area contributed by atoms with Crippen LogP contribution in [-0.2, 0) is 0 Å². The van der Waals surface area contributed by atoms with E-state index in [1.54, 1.807) is 12.4 Å². The van der Waals surface area contributed by atoms with Crippen molar-refractivity contribution in [3.63, 3.8) is 0 Å². The van der Waals surface area contributed by atoms with Crippen LogP contribution in [-0.4, -0.2) is 9.97 Å². The second-order valence-electron chi connectivity index (χ2n) is 5.19. The molecule has 2 aromatic carbocycles. The highest BCUT2D eigenvalue weighted by atomic mass is 15.0. The Labute approximate surface area is 130 Å². The van der Waals surface area contributed by atoms with Crippen molar-refractivity contribution in [2.24, 2.45) is 0 Å². The van der Waals surface area contributed by atoms with Gasteiger partial charge in [0.2, 0.25) is 0 Å². The second-order valence-corrected chi connectivity index (χ2v) is 5.19. The predicted octanol–water partition coefficient (Wildman–Crippen LogP) is 3.90. The molecule has 4 nitrogen and oxygen atoms in total. The Bertz CT molecular complexity index is 739. The highest BCUT2D eigenvalue weighted by Gasteiger charge is 2.07. The third kappa shape index (κ3) is 3.23. The number of benzene rings is 2. The van der Waals surface area contributed by atoms with Crippen LogP contribution in [0.5, 0.6) is 0 Å². The predicted molar refractivity (Wildman–Crippen MR) is 90.4 cm³/mol. The normalized spacial score (nSPS) is 11.9. The van der Waals surface area contributed by atoms with Crippen molar-refractivity contribution < 1.29 is 0 Å². The molecule has 0 radical (unpaired) electrons. The molecule has 3 N–H and O–H groups in total. The largest absolute Gasteiger partial charge is 0.399 e. The van der Waals surface area contributed by atoms with E-state index in [4.69, 9.17) is 5.73 Å². The summed E-state index contributed by atoms with van der Waals surface area (Å²) in [5.41, 5.74) is 9.49. The van der Waals surface area contributed by atoms with Crippen LogP contribution in [0, 0.1) is 0 Å². The zero-order valence-corrected chi connectivity index (χ0v) is 12.4. The van der Waals surface area contributed by atoms with E-state index in [1.807, 2.05) is 42.5 Å². The van der Waals surface area contributed by atoms with Gasteiger partial charge in [0.1, 0.15) is 5.82 Å². The summed E-state index contributed by atoms with van der Waals surface area (Å²) in [6, 6.07) is 18.0. The lowest BCUT2D eigenvalue weighted by Gasteiger charge is -2.15. The van der Waals surface area contributed by atoms with Crippen LogP contribution < -0.4 is 11.1 Å². The molecule has 1 heterocycles. The van der Waals surface area contributed by atoms with E-state index in [-0.39, 0.29) is 6.04 Å². The number of rotatable bonds is 4. The Hall–Kier alpha value is -2.88. The summed E-state index contributed by atoms with van der Waals surface area (Å²) in [4.78, 5) is 8.90. The van der Waals surface area contributed by atoms with Crippen molar-refractivity contribution in [3.8, 4) is 11.3 Å². The van der Waals surface area contributed by atoms with Gasteiger partial charge in [0, 0.05) is 17.3 Å². The lowest BCUT2D eigenvalue weighted by atomic mass is 10.1. The number of anilines is 2. The van der Waals surface area contributed by atoms with E-state index >= 15 is 0 Å². The van der Waals surface area contributed by atoms with Crippen molar-refractivity contribution in [3.05, 3.63) is 72.6 Å². The first kappa shape index (κ1) is 14.1. The topological polar surface area (TPSA) is 63.8 Å². The smallest absolute Gasteiger partial charge is 0.145 e. The Morgan fingerprint density at radius 1 is 0.955 bits per heavy atom. The maximum Gasteiger partial charge on any atom is 0.145 e. The maximum atomic E-state index is 5.72. The minimum Gasteiger partial charge on any atom is -0.399 e. The summed E-state index contributed by atoms with van der Waals surface area (Å²) in [5.74, 6) is 0.755. The van der Waals surface area contributed by atoms with Crippen LogP contribution in [0.15, 0.2) is 67.0 Å². The van der Waals surface area contributed by atoms with Crippen molar-refractivity contribution in [2.45, 2.75) is 13.0 Å². The lowest BCUT2D eigenvalue weighted by molar-refractivity contribution is 0.872. The van der Waals surface area contributed by atoms with Gasteiger partial charge in [0.15, 0.2) is 0 Å². The lowest BCUT2D eigenvalue weighted by Crippen LogP contribution is -2.08. The molecule has 0 saturated carbocycles. The summed E-state index contributed by atoms with van der Waals surface area (Å²) < 4.78 is 0. The molecule has 110 valence electrons. The number of nitrogen functional groups attached to an aromatic ring is 1. The van der Waals surface area contributed by atoms with Crippen molar-refractivity contribution in [2.75, 3.05) is 11.1 Å². The first-order valence-electron chi connectivity index (χ1n) is 7.22. The molecule has 0 aliphatic heterocycles. The molecular weight excluding hydrogens is 272 g/mol. The standard InChI is InChI=1S/C18H18N4/c1-13(14-5-3-2-4-6-14)21-18-12-20-11-17(22-18)15-7-9-16(19)10-8-15/h2-13H,19H2,1H3,(H,21,22)/t13-/m0/s1. The summed E-state index contributed by atoms with van der Waals surface area (Å²) in [5, 5.41) is 3.38. The van der Waals surface area contributed by atoms with Crippen LogP contribution in [0.1, 0.15) is 18.5 Å². The van der Waals surface area contributed by atoms with Crippen LogP contribution in [0.3, 0.4) is 0 Å². The molecule has 3 rings (SSSR count). The third-order valence-electron chi connectivity index (χ3n) is 3.50. The molecule has 0 unspecified atom stereocenters. The zero-order chi connectivity index (χ0) is 15.4. The maximum absolute atomic E-state index is 5.72. The van der Waals surface area contributed by atoms with Crippen molar-refractivity contribution >= 4 is 11.5 Å². The van der Waals surface area contributed by atoms with E-state index in [1.165, 1.54) is 5.56 Å². The quantitative estimate of drug-likeness (QED) is 0.715. The zero-order valence-electron chi connectivity index (χ0n) is 12.4. The van der Waals surface area contributed by atoms with Crippen LogP contribution in [0.2, 0.25) is 0 Å². The van der Waals surface area contributed by atoms with E-state index in [0.29, 0.717) is 0 Å². The van der Waals surface area contributed by atoms with Crippen molar-refractivity contribution in [1.82, 2.24) is 9.97 Å². The Morgan fingerprint density at radius 2 is 1.68 bits per heavy atom. The van der Waals surface area contributed by atoms with E-state index in [2.05, 4.69) is 34.3 Å². The minimum atomic E-state index is 0.164. The number of nitrogens with two attached hydrogens (primary N) is 1. The van der Waals surface area contributed by atoms with Gasteiger partial charge in [-0.15, -0.1) is 0 Å². The van der Waals surface area contributed by atoms with Gasteiger partial charge in [0.05, 0.1) is 18.1 Å². The van der Waals surface area contributed by atoms with Gasteiger partial charge >= 0.3 is 0 Å². The Morgan fingerprint density at radius 3 is 2.41 bits per heavy atom. The van der Waals surface area contributed by atoms with Crippen LogP contribution >= 0.6 is 0 Å². The highest BCUT2D eigenvalue weighted by Crippen LogP contribution is 2.21. The number of hydrogen-bond acceptors (Lipinski definition) is 4. The fourth-order valence-corrected chi connectivity index (χ4v) is 2.28. The monoisotopic (exact) mass is 290 g/mol. The van der Waals surface area contributed by atoms with Crippen LogP contribution in [0.25, 0.3) is 11.3 Å². The molecule has 4 heteroatoms. The fraction of sp³-hybridized carbons (Fsp3) is 0.111. The molecule has 0 saturated heterocycles. The molecule has 0 bridgehead atoms. The van der Waals surface area contributed by atoms with Gasteiger partial charge in [-0.05, 0) is 24.6 Å². The first-order valence-corrected chi connectivity index (χ1v) is 7.22. The molecule has 1 aromatic heterocycles. The number of aromatic nitrogens is 2. The molecule has 1 atom stereocenters. The average molecular weight is 290 g/mol. The van der Waals surface area contributed by atoms with Crippen LogP contribution in [0.4, 0.5) is 11.5 Å². The Balaban J connectivity index is 1.81. The fourth-order valence-electron chi connectivity index (χ4n) is 2.28. The summed E-state index contributed by atoms with van der Waals surface area (Å²) in [6.45, 7) is 2.10. The molecule has 3 aromatic rings. The number of hydrogen-bond donors (Lipinski definition) is 2. The highest BCUT2D eigenvalue weighted by molar-refractivity contribution is 5.62. The molecule has 0 aliphatic rings. The molecule has 0 amide bonds. The van der Waals surface area contributed by atoms with Gasteiger partial charge in [-0.25, -0.2) is 4.98 Å². The summed E-state index contributed by atoms with van der Waals surface area (Å²) >= 11 is 0. The van der Waals surface area contributed by atoms with Gasteiger partial charge in [0.25, 0.3) is 0 Å². The van der Waals surface area contributed by atoms with Gasteiger partial charge in [-0.1, -0.05) is 42.5 Å². The minimum absolute atomic E-state index is 0.164. The first-order chi connectivity index (χ1) is 10.7. The molecular formula is C18H18N4. The third-order valence-corrected chi connectivity index (χ3v) is 3.50. The van der Waals surface area contributed by atoms with Gasteiger partial charge in [-0.3, -0.25) is 4.98 Å². The number of nitrogens with one attached hydrogen (secondary N) is 1. The SMILES string of the molecule is C[C@H](Nc1cncc(-c2ccc(N)cc2)n1)c1ccccc1. The second kappa shape index (κ2) is 6.26. The summed E-state index contributed by atoms with van der Waals surface area (Å²) in [6.07, 6.45) is 3.49. The Kier molecular flexibility index (Phi) is 4.01. The summed E-state index contributed by atoms with van der Waals surface area (Å²) in [7, 11) is 0. The van der Waals surface area contributed by atoms with E-state index in [9.17, 15) is 0 Å². The van der Waals surface area contributed by atoms with Gasteiger partial charge in [-0.2, -0.15) is 0 Å². The van der Waals surface area contributed by atoms with Crippen molar-refractivity contribution in [1.29, 1.82) is 0 Å². The molecule has 0 aliphatic carbocycles. The average Bonchev–Trinajstić information content (AvgIpc) is 2.56.